The Morgan fingerprint density at radius 1 is 0.879 bits per heavy atom. The molecule has 1 unspecified atom stereocenters. The zero-order valence-electron chi connectivity index (χ0n) is 18.2. The maximum Gasteiger partial charge on any atom is 0.243 e. The van der Waals surface area contributed by atoms with Crippen LogP contribution in [0.15, 0.2) is 30.3 Å². The number of rotatable bonds is 14. The Labute approximate surface area is 191 Å². The van der Waals surface area contributed by atoms with Crippen molar-refractivity contribution in [2.75, 3.05) is 6.61 Å². The highest BCUT2D eigenvalue weighted by molar-refractivity contribution is 5.95. The van der Waals surface area contributed by atoms with E-state index in [4.69, 9.17) is 22.3 Å². The molecule has 1 aromatic rings. The summed E-state index contributed by atoms with van der Waals surface area (Å²) >= 11 is 0. The molecule has 33 heavy (non-hydrogen) atoms. The number of nitrogens with two attached hydrogens (primary N) is 3. The topological polar surface area (TPSA) is 220 Å². The number of hydrogen-bond acceptors (Lipinski definition) is 7. The summed E-state index contributed by atoms with van der Waals surface area (Å²) in [5.74, 6) is -3.98. The lowest BCUT2D eigenvalue weighted by molar-refractivity contribution is -0.134. The Morgan fingerprint density at radius 3 is 2.00 bits per heavy atom. The molecular weight excluding hydrogens is 432 g/mol. The van der Waals surface area contributed by atoms with Crippen molar-refractivity contribution < 1.29 is 29.1 Å². The summed E-state index contributed by atoms with van der Waals surface area (Å²) in [6.07, 6.45) is -0.554. The second-order valence-corrected chi connectivity index (χ2v) is 7.48. The molecule has 0 fully saturated rings. The number of primary amides is 2. The first-order valence-electron chi connectivity index (χ1n) is 10.2. The predicted octanol–water partition coefficient (Wildman–Crippen LogP) is -3.02. The van der Waals surface area contributed by atoms with Crippen LogP contribution in [-0.2, 0) is 30.4 Å². The Hall–Kier alpha value is -3.51. The maximum absolute atomic E-state index is 12.7. The molecule has 0 spiro atoms. The summed E-state index contributed by atoms with van der Waals surface area (Å²) in [7, 11) is 0. The second-order valence-electron chi connectivity index (χ2n) is 7.48. The Morgan fingerprint density at radius 2 is 1.45 bits per heavy atom. The van der Waals surface area contributed by atoms with Gasteiger partial charge in [-0.1, -0.05) is 30.3 Å². The first-order valence-corrected chi connectivity index (χ1v) is 10.2. The van der Waals surface area contributed by atoms with Crippen molar-refractivity contribution in [3.05, 3.63) is 42.8 Å². The Bertz CT molecular complexity index is 834. The van der Waals surface area contributed by atoms with Crippen molar-refractivity contribution in [3.8, 4) is 0 Å². The van der Waals surface area contributed by atoms with E-state index < -0.39 is 66.7 Å². The minimum Gasteiger partial charge on any atom is -0.394 e. The third-order valence-electron chi connectivity index (χ3n) is 4.56. The number of aliphatic hydroxyl groups excluding tert-OH is 1. The lowest BCUT2D eigenvalue weighted by Gasteiger charge is -2.24. The van der Waals surface area contributed by atoms with Gasteiger partial charge in [0.1, 0.15) is 18.1 Å². The molecule has 5 amide bonds. The summed E-state index contributed by atoms with van der Waals surface area (Å²) in [5, 5.41) is 16.3. The van der Waals surface area contributed by atoms with Crippen LogP contribution in [0.2, 0.25) is 0 Å². The third kappa shape index (κ3) is 10.6. The highest BCUT2D eigenvalue weighted by Gasteiger charge is 2.29. The van der Waals surface area contributed by atoms with Crippen molar-refractivity contribution >= 4 is 29.5 Å². The number of hydrogen-bond donors (Lipinski definition) is 7. The summed E-state index contributed by atoms with van der Waals surface area (Å²) in [5.41, 5.74) is 16.7. The number of carbonyl (C=O) groups is 5. The van der Waals surface area contributed by atoms with Gasteiger partial charge in [-0.15, -0.1) is 0 Å². The number of nitrogens with one attached hydrogen (secondary N) is 3. The van der Waals surface area contributed by atoms with Crippen LogP contribution in [0.1, 0.15) is 24.8 Å². The monoisotopic (exact) mass is 463 g/mol. The van der Waals surface area contributed by atoms with Crippen LogP contribution < -0.4 is 33.2 Å². The van der Waals surface area contributed by atoms with E-state index in [0.717, 1.165) is 5.56 Å². The van der Waals surface area contributed by atoms with Crippen LogP contribution in [-0.4, -0.2) is 65.4 Å². The molecule has 0 bridgehead atoms. The van der Waals surface area contributed by atoms with Crippen molar-refractivity contribution in [2.45, 2.75) is 49.9 Å². The van der Waals surface area contributed by atoms with E-state index in [1.54, 1.807) is 0 Å². The SMILES string of the molecule is [CH2]C(Cc1ccccc1)NC(=O)[C@H](CC(N)=O)NC(=O)[C@H](CCC(N)=O)NC(=O)[C@@H](N)CO. The van der Waals surface area contributed by atoms with E-state index in [9.17, 15) is 24.0 Å². The maximum atomic E-state index is 12.7. The molecule has 0 aromatic heterocycles. The van der Waals surface area contributed by atoms with Gasteiger partial charge in [0.15, 0.2) is 0 Å². The lowest BCUT2D eigenvalue weighted by atomic mass is 10.1. The molecule has 10 N–H and O–H groups in total. The minimum atomic E-state index is -1.35. The van der Waals surface area contributed by atoms with Gasteiger partial charge >= 0.3 is 0 Å². The standard InChI is InChI=1S/C21H31N6O6/c1-12(9-13-5-3-2-4-6-13)25-21(33)16(10-18(24)30)27-20(32)15(7-8-17(23)29)26-19(31)14(22)11-28/h2-6,12,14-16,28H,1,7-11,22H2,(H2,23,29)(H2,24,30)(H,25,33)(H,26,31)(H,27,32)/t12?,14-,15-,16-/m0/s1. The van der Waals surface area contributed by atoms with Crippen LogP contribution >= 0.6 is 0 Å². The fraction of sp³-hybridized carbons (Fsp3) is 0.429. The van der Waals surface area contributed by atoms with Crippen LogP contribution in [0, 0.1) is 6.92 Å². The molecular formula is C21H31N6O6. The van der Waals surface area contributed by atoms with Crippen molar-refractivity contribution in [1.82, 2.24) is 16.0 Å². The van der Waals surface area contributed by atoms with E-state index in [1.807, 2.05) is 30.3 Å². The van der Waals surface area contributed by atoms with Gasteiger partial charge in [0.05, 0.1) is 13.0 Å². The number of amides is 5. The molecule has 0 aliphatic heterocycles. The molecule has 4 atom stereocenters. The highest BCUT2D eigenvalue weighted by atomic mass is 16.3. The van der Waals surface area contributed by atoms with Gasteiger partial charge in [-0.3, -0.25) is 24.0 Å². The quantitative estimate of drug-likeness (QED) is 0.151. The normalized spacial score (nSPS) is 14.3. The first kappa shape index (κ1) is 27.5. The molecule has 1 aromatic carbocycles. The van der Waals surface area contributed by atoms with Crippen LogP contribution in [0.3, 0.4) is 0 Å². The molecule has 0 aliphatic carbocycles. The van der Waals surface area contributed by atoms with E-state index in [1.165, 1.54) is 0 Å². The molecule has 0 saturated heterocycles. The summed E-state index contributed by atoms with van der Waals surface area (Å²) in [6.45, 7) is 3.19. The average molecular weight is 464 g/mol. The molecule has 0 saturated carbocycles. The zero-order valence-corrected chi connectivity index (χ0v) is 18.2. The lowest BCUT2D eigenvalue weighted by Crippen LogP contribution is -2.57. The molecule has 1 radical (unpaired) electrons. The van der Waals surface area contributed by atoms with Crippen molar-refractivity contribution in [3.63, 3.8) is 0 Å². The molecule has 12 heteroatoms. The van der Waals surface area contributed by atoms with Crippen LogP contribution in [0.4, 0.5) is 0 Å². The van der Waals surface area contributed by atoms with Gasteiger partial charge < -0.3 is 38.3 Å². The van der Waals surface area contributed by atoms with Gasteiger partial charge in [0, 0.05) is 12.5 Å². The fourth-order valence-corrected chi connectivity index (χ4v) is 2.85. The molecule has 0 aliphatic rings. The summed E-state index contributed by atoms with van der Waals surface area (Å²) < 4.78 is 0. The molecule has 1 rings (SSSR count). The Kier molecular flexibility index (Phi) is 11.5. The smallest absolute Gasteiger partial charge is 0.243 e. The van der Waals surface area contributed by atoms with E-state index in [-0.39, 0.29) is 12.8 Å². The van der Waals surface area contributed by atoms with Gasteiger partial charge in [-0.05, 0) is 25.3 Å². The summed E-state index contributed by atoms with van der Waals surface area (Å²) in [4.78, 5) is 60.0. The number of aliphatic hydroxyl groups is 1. The average Bonchev–Trinajstić information content (AvgIpc) is 2.75. The van der Waals surface area contributed by atoms with E-state index in [0.29, 0.717) is 6.42 Å². The molecule has 181 valence electrons. The largest absolute Gasteiger partial charge is 0.394 e. The van der Waals surface area contributed by atoms with Gasteiger partial charge in [0.25, 0.3) is 0 Å². The highest BCUT2D eigenvalue weighted by Crippen LogP contribution is 2.05. The molecule has 0 heterocycles. The predicted molar refractivity (Wildman–Crippen MR) is 119 cm³/mol. The van der Waals surface area contributed by atoms with Gasteiger partial charge in [-0.25, -0.2) is 0 Å². The van der Waals surface area contributed by atoms with Crippen molar-refractivity contribution in [1.29, 1.82) is 0 Å². The summed E-state index contributed by atoms with van der Waals surface area (Å²) in [6, 6.07) is 4.71. The van der Waals surface area contributed by atoms with Gasteiger partial charge in [-0.2, -0.15) is 0 Å². The second kappa shape index (κ2) is 13.8. The molecule has 12 nitrogen and oxygen atoms in total. The van der Waals surface area contributed by atoms with Crippen LogP contribution in [0.25, 0.3) is 0 Å². The number of carbonyl (C=O) groups excluding carboxylic acids is 5. The van der Waals surface area contributed by atoms with E-state index in [2.05, 4.69) is 22.9 Å². The fourth-order valence-electron chi connectivity index (χ4n) is 2.85. The van der Waals surface area contributed by atoms with Crippen LogP contribution in [0.5, 0.6) is 0 Å². The van der Waals surface area contributed by atoms with Gasteiger partial charge in [0.2, 0.25) is 29.5 Å². The Balaban J connectivity index is 2.88. The zero-order chi connectivity index (χ0) is 25.0. The minimum absolute atomic E-state index is 0.193. The number of benzene rings is 1. The first-order chi connectivity index (χ1) is 15.5. The van der Waals surface area contributed by atoms with Crippen molar-refractivity contribution in [2.24, 2.45) is 17.2 Å². The van der Waals surface area contributed by atoms with E-state index >= 15 is 0 Å². The third-order valence-corrected chi connectivity index (χ3v) is 4.56.